The smallest absolute Gasteiger partial charge is 0.407 e. The number of hydrogen-bond acceptors (Lipinski definition) is 4. The van der Waals surface area contributed by atoms with Crippen molar-refractivity contribution in [3.05, 3.63) is 29.8 Å². The molecule has 1 aromatic rings. The van der Waals surface area contributed by atoms with E-state index in [-0.39, 0.29) is 19.3 Å². The zero-order valence-corrected chi connectivity index (χ0v) is 11.4. The lowest BCUT2D eigenvalue weighted by Gasteiger charge is -2.10. The topological polar surface area (TPSA) is 67.8 Å². The third-order valence-electron chi connectivity index (χ3n) is 2.27. The van der Waals surface area contributed by atoms with Crippen LogP contribution in [0.2, 0.25) is 0 Å². The van der Waals surface area contributed by atoms with Gasteiger partial charge >= 0.3 is 6.09 Å². The summed E-state index contributed by atoms with van der Waals surface area (Å²) < 4.78 is 10.5. The first-order valence-corrected chi connectivity index (χ1v) is 6.39. The number of carbonyl (C=O) groups excluding carboxylic acids is 1. The van der Waals surface area contributed by atoms with E-state index in [4.69, 9.17) is 14.6 Å². The second kappa shape index (κ2) is 8.37. The Labute approximate surface area is 113 Å². The average molecular weight is 267 g/mol. The van der Waals surface area contributed by atoms with E-state index in [1.54, 1.807) is 0 Å². The van der Waals surface area contributed by atoms with Crippen LogP contribution in [0, 0.1) is 0 Å². The van der Waals surface area contributed by atoms with Crippen molar-refractivity contribution in [2.24, 2.45) is 0 Å². The molecule has 0 radical (unpaired) electrons. The van der Waals surface area contributed by atoms with Gasteiger partial charge in [-0.1, -0.05) is 12.1 Å². The predicted octanol–water partition coefficient (Wildman–Crippen LogP) is 2.08. The van der Waals surface area contributed by atoms with Crippen molar-refractivity contribution >= 4 is 6.09 Å². The molecule has 106 valence electrons. The normalized spacial score (nSPS) is 10.3. The molecule has 0 aromatic heterocycles. The lowest BCUT2D eigenvalue weighted by atomic mass is 10.2. The highest BCUT2D eigenvalue weighted by Crippen LogP contribution is 2.14. The molecule has 1 amide bonds. The van der Waals surface area contributed by atoms with Crippen molar-refractivity contribution in [3.8, 4) is 5.75 Å². The summed E-state index contributed by atoms with van der Waals surface area (Å²) in [5.74, 6) is 0.797. The molecule has 0 aliphatic heterocycles. The summed E-state index contributed by atoms with van der Waals surface area (Å²) in [6, 6.07) is 7.42. The first-order chi connectivity index (χ1) is 9.11. The molecule has 0 spiro atoms. The molecule has 0 saturated heterocycles. The summed E-state index contributed by atoms with van der Waals surface area (Å²) in [4.78, 5) is 11.3. The summed E-state index contributed by atoms with van der Waals surface area (Å²) >= 11 is 0. The van der Waals surface area contributed by atoms with Crippen molar-refractivity contribution in [2.75, 3.05) is 13.2 Å². The highest BCUT2D eigenvalue weighted by atomic mass is 16.5. The molecule has 0 unspecified atom stereocenters. The van der Waals surface area contributed by atoms with Crippen LogP contribution in [-0.4, -0.2) is 30.5 Å². The van der Waals surface area contributed by atoms with Gasteiger partial charge in [0.05, 0.1) is 6.10 Å². The van der Waals surface area contributed by atoms with Crippen LogP contribution in [0.4, 0.5) is 4.79 Å². The van der Waals surface area contributed by atoms with Gasteiger partial charge < -0.3 is 19.9 Å². The molecular weight excluding hydrogens is 246 g/mol. The zero-order valence-electron chi connectivity index (χ0n) is 11.4. The lowest BCUT2D eigenvalue weighted by molar-refractivity contribution is 0.139. The maximum atomic E-state index is 11.3. The van der Waals surface area contributed by atoms with Gasteiger partial charge in [-0.3, -0.25) is 0 Å². The van der Waals surface area contributed by atoms with Crippen molar-refractivity contribution in [1.29, 1.82) is 0 Å². The number of amides is 1. The molecule has 5 heteroatoms. The largest absolute Gasteiger partial charge is 0.491 e. The third-order valence-corrected chi connectivity index (χ3v) is 2.27. The average Bonchev–Trinajstić information content (AvgIpc) is 2.37. The molecule has 0 bridgehead atoms. The molecule has 0 heterocycles. The molecule has 5 nitrogen and oxygen atoms in total. The number of ether oxygens (including phenoxy) is 2. The maximum absolute atomic E-state index is 11.3. The maximum Gasteiger partial charge on any atom is 0.407 e. The Morgan fingerprint density at radius 3 is 2.58 bits per heavy atom. The Kier molecular flexibility index (Phi) is 6.74. The lowest BCUT2D eigenvalue weighted by Crippen LogP contribution is -2.25. The number of rotatable bonds is 7. The second-order valence-electron chi connectivity index (χ2n) is 4.39. The molecule has 0 saturated carbocycles. The molecule has 1 aromatic carbocycles. The van der Waals surface area contributed by atoms with Gasteiger partial charge in [-0.2, -0.15) is 0 Å². The molecular formula is C14H21NO4. The summed E-state index contributed by atoms with van der Waals surface area (Å²) in [5, 5.41) is 11.1. The van der Waals surface area contributed by atoms with Gasteiger partial charge in [0.25, 0.3) is 0 Å². The van der Waals surface area contributed by atoms with Crippen LogP contribution in [0.25, 0.3) is 0 Å². The zero-order chi connectivity index (χ0) is 14.1. The van der Waals surface area contributed by atoms with Crippen LogP contribution in [0.1, 0.15) is 25.8 Å². The van der Waals surface area contributed by atoms with Gasteiger partial charge in [0.15, 0.2) is 0 Å². The Morgan fingerprint density at radius 2 is 2.00 bits per heavy atom. The first kappa shape index (κ1) is 15.3. The summed E-state index contributed by atoms with van der Waals surface area (Å²) in [5.41, 5.74) is 0.897. The summed E-state index contributed by atoms with van der Waals surface area (Å²) in [7, 11) is 0. The Morgan fingerprint density at radius 1 is 1.32 bits per heavy atom. The SMILES string of the molecule is CC(C)Oc1ccc(COC(=O)NCCCO)cc1. The molecule has 0 atom stereocenters. The van der Waals surface area contributed by atoms with Gasteiger partial charge in [0.2, 0.25) is 0 Å². The van der Waals surface area contributed by atoms with E-state index in [1.165, 1.54) is 0 Å². The number of nitrogens with one attached hydrogen (secondary N) is 1. The van der Waals surface area contributed by atoms with E-state index in [1.807, 2.05) is 38.1 Å². The highest BCUT2D eigenvalue weighted by Gasteiger charge is 2.02. The van der Waals surface area contributed by atoms with Crippen LogP contribution in [-0.2, 0) is 11.3 Å². The van der Waals surface area contributed by atoms with Crippen molar-refractivity contribution < 1.29 is 19.4 Å². The molecule has 2 N–H and O–H groups in total. The van der Waals surface area contributed by atoms with E-state index in [0.717, 1.165) is 11.3 Å². The second-order valence-corrected chi connectivity index (χ2v) is 4.39. The molecule has 19 heavy (non-hydrogen) atoms. The van der Waals surface area contributed by atoms with E-state index < -0.39 is 6.09 Å². The van der Waals surface area contributed by atoms with Gasteiger partial charge in [0, 0.05) is 13.2 Å². The van der Waals surface area contributed by atoms with E-state index in [0.29, 0.717) is 13.0 Å². The fourth-order valence-electron chi connectivity index (χ4n) is 1.41. The predicted molar refractivity (Wildman–Crippen MR) is 72.1 cm³/mol. The Hall–Kier alpha value is -1.75. The quantitative estimate of drug-likeness (QED) is 0.742. The Balaban J connectivity index is 2.31. The first-order valence-electron chi connectivity index (χ1n) is 6.39. The number of aliphatic hydroxyl groups excluding tert-OH is 1. The van der Waals surface area contributed by atoms with Crippen LogP contribution in [0.5, 0.6) is 5.75 Å². The van der Waals surface area contributed by atoms with Gasteiger partial charge in [-0.15, -0.1) is 0 Å². The molecule has 0 fully saturated rings. The summed E-state index contributed by atoms with van der Waals surface area (Å²) in [6.45, 7) is 4.61. The van der Waals surface area contributed by atoms with Crippen LogP contribution in [0.15, 0.2) is 24.3 Å². The fraction of sp³-hybridized carbons (Fsp3) is 0.500. The third kappa shape index (κ3) is 6.67. The number of carbonyl (C=O) groups is 1. The molecule has 1 rings (SSSR count). The van der Waals surface area contributed by atoms with E-state index >= 15 is 0 Å². The minimum atomic E-state index is -0.476. The summed E-state index contributed by atoms with van der Waals surface area (Å²) in [6.07, 6.45) is 0.187. The Bertz CT molecular complexity index is 376. The number of alkyl carbamates (subject to hydrolysis) is 1. The standard InChI is InChI=1S/C14H21NO4/c1-11(2)19-13-6-4-12(5-7-13)10-18-14(17)15-8-3-9-16/h4-7,11,16H,3,8-10H2,1-2H3,(H,15,17). The molecule has 0 aliphatic carbocycles. The minimum absolute atomic E-state index is 0.0532. The van der Waals surface area contributed by atoms with Crippen molar-refractivity contribution in [2.45, 2.75) is 33.0 Å². The van der Waals surface area contributed by atoms with E-state index in [2.05, 4.69) is 5.32 Å². The minimum Gasteiger partial charge on any atom is -0.491 e. The molecule has 0 aliphatic rings. The van der Waals surface area contributed by atoms with Crippen molar-refractivity contribution in [3.63, 3.8) is 0 Å². The van der Waals surface area contributed by atoms with Gasteiger partial charge in [0.1, 0.15) is 12.4 Å². The highest BCUT2D eigenvalue weighted by molar-refractivity contribution is 5.67. The number of aliphatic hydroxyl groups is 1. The number of hydrogen-bond donors (Lipinski definition) is 2. The van der Waals surface area contributed by atoms with Crippen LogP contribution < -0.4 is 10.1 Å². The van der Waals surface area contributed by atoms with Crippen LogP contribution >= 0.6 is 0 Å². The monoisotopic (exact) mass is 267 g/mol. The van der Waals surface area contributed by atoms with Gasteiger partial charge in [-0.05, 0) is 38.0 Å². The van der Waals surface area contributed by atoms with E-state index in [9.17, 15) is 4.79 Å². The van der Waals surface area contributed by atoms with Gasteiger partial charge in [-0.25, -0.2) is 4.79 Å². The number of benzene rings is 1. The van der Waals surface area contributed by atoms with Crippen molar-refractivity contribution in [1.82, 2.24) is 5.32 Å². The van der Waals surface area contributed by atoms with Crippen LogP contribution in [0.3, 0.4) is 0 Å². The fourth-order valence-corrected chi connectivity index (χ4v) is 1.41.